The second-order valence-corrected chi connectivity index (χ2v) is 5.98. The SMILES string of the molecule is CN(C)[SiH](Cl)Cl. The molecule has 0 aliphatic rings. The van der Waals surface area contributed by atoms with Crippen molar-refractivity contribution in [3.8, 4) is 0 Å². The van der Waals surface area contributed by atoms with E-state index in [-0.39, 0.29) is 0 Å². The van der Waals surface area contributed by atoms with Gasteiger partial charge in [0.15, 0.2) is 0 Å². The van der Waals surface area contributed by atoms with Crippen molar-refractivity contribution in [2.45, 2.75) is 0 Å². The van der Waals surface area contributed by atoms with Gasteiger partial charge >= 0.3 is 7.58 Å². The van der Waals surface area contributed by atoms with E-state index < -0.39 is 7.58 Å². The summed E-state index contributed by atoms with van der Waals surface area (Å²) in [4.78, 5) is 0. The highest BCUT2D eigenvalue weighted by Gasteiger charge is 2.01. The van der Waals surface area contributed by atoms with Crippen molar-refractivity contribution < 1.29 is 0 Å². The molecule has 6 heavy (non-hydrogen) atoms. The van der Waals surface area contributed by atoms with Crippen molar-refractivity contribution in [2.24, 2.45) is 0 Å². The van der Waals surface area contributed by atoms with E-state index >= 15 is 0 Å². The maximum atomic E-state index is 5.44. The Morgan fingerprint density at radius 3 is 1.50 bits per heavy atom. The molecule has 0 saturated heterocycles. The Hall–Kier alpha value is 0.757. The van der Waals surface area contributed by atoms with Crippen LogP contribution >= 0.6 is 22.2 Å². The molecule has 38 valence electrons. The maximum absolute atomic E-state index is 5.44. The minimum absolute atomic E-state index is 1.47. The van der Waals surface area contributed by atoms with Crippen molar-refractivity contribution in [3.05, 3.63) is 0 Å². The summed E-state index contributed by atoms with van der Waals surface area (Å²) in [7, 11) is 2.28. The van der Waals surface area contributed by atoms with Crippen LogP contribution in [0.3, 0.4) is 0 Å². The third-order valence-electron chi connectivity index (χ3n) is 0.390. The zero-order valence-electron chi connectivity index (χ0n) is 3.78. The lowest BCUT2D eigenvalue weighted by Gasteiger charge is -2.05. The van der Waals surface area contributed by atoms with Gasteiger partial charge in [-0.25, -0.2) is 0 Å². The van der Waals surface area contributed by atoms with E-state index in [1.54, 1.807) is 0 Å². The van der Waals surface area contributed by atoms with Gasteiger partial charge in [0.1, 0.15) is 0 Å². The second-order valence-electron chi connectivity index (χ2n) is 1.24. The Labute approximate surface area is 48.9 Å². The molecule has 4 heteroatoms. The lowest BCUT2D eigenvalue weighted by molar-refractivity contribution is 0.668. The molecule has 0 saturated carbocycles. The van der Waals surface area contributed by atoms with Gasteiger partial charge in [-0.05, 0) is 14.1 Å². The van der Waals surface area contributed by atoms with E-state index in [2.05, 4.69) is 0 Å². The minimum atomic E-state index is -1.47. The quantitative estimate of drug-likeness (QED) is 0.387. The Bertz CT molecular complexity index is 32.5. The van der Waals surface area contributed by atoms with Gasteiger partial charge in [-0.1, -0.05) is 0 Å². The van der Waals surface area contributed by atoms with Gasteiger partial charge in [-0.2, -0.15) is 0 Å². The van der Waals surface area contributed by atoms with E-state index in [4.69, 9.17) is 22.2 Å². The summed E-state index contributed by atoms with van der Waals surface area (Å²) in [5.74, 6) is 0. The normalized spacial score (nSPS) is 11.0. The molecule has 0 atom stereocenters. The standard InChI is InChI=1S/C2H7Cl2NSi/c1-5(2)6(3)4/h6H,1-2H3. The molecule has 0 aromatic rings. The summed E-state index contributed by atoms with van der Waals surface area (Å²) in [5, 5.41) is 0. The van der Waals surface area contributed by atoms with E-state index in [0.717, 1.165) is 0 Å². The second kappa shape index (κ2) is 2.85. The smallest absolute Gasteiger partial charge is 0.308 e. The van der Waals surface area contributed by atoms with Crippen molar-refractivity contribution in [1.29, 1.82) is 0 Å². The lowest BCUT2D eigenvalue weighted by atomic mass is 11.3. The van der Waals surface area contributed by atoms with Crippen LogP contribution in [0.5, 0.6) is 0 Å². The van der Waals surface area contributed by atoms with Crippen LogP contribution in [0.4, 0.5) is 0 Å². The largest absolute Gasteiger partial charge is 0.309 e. The van der Waals surface area contributed by atoms with Crippen LogP contribution in [0.2, 0.25) is 0 Å². The van der Waals surface area contributed by atoms with Crippen LogP contribution in [-0.2, 0) is 0 Å². The van der Waals surface area contributed by atoms with E-state index in [0.29, 0.717) is 0 Å². The first-order chi connectivity index (χ1) is 2.64. The Morgan fingerprint density at radius 2 is 1.50 bits per heavy atom. The van der Waals surface area contributed by atoms with Crippen molar-refractivity contribution >= 4 is 29.7 Å². The van der Waals surface area contributed by atoms with Gasteiger partial charge in [0, 0.05) is 0 Å². The monoisotopic (exact) mass is 143 g/mol. The van der Waals surface area contributed by atoms with Crippen LogP contribution in [0.25, 0.3) is 0 Å². The Balaban J connectivity index is 2.99. The molecular weight excluding hydrogens is 137 g/mol. The molecule has 0 rings (SSSR count). The first-order valence-corrected chi connectivity index (χ1v) is 5.60. The minimum Gasteiger partial charge on any atom is -0.308 e. The summed E-state index contributed by atoms with van der Waals surface area (Å²) in [6.07, 6.45) is 0. The molecule has 0 fully saturated rings. The van der Waals surface area contributed by atoms with Crippen molar-refractivity contribution in [3.63, 3.8) is 0 Å². The highest BCUT2D eigenvalue weighted by molar-refractivity contribution is 7.32. The van der Waals surface area contributed by atoms with Gasteiger partial charge in [-0.15, -0.1) is 22.2 Å². The predicted octanol–water partition coefficient (Wildman–Crippen LogP) is 0.743. The summed E-state index contributed by atoms with van der Waals surface area (Å²) in [6.45, 7) is 0. The molecule has 1 nitrogen and oxygen atoms in total. The Morgan fingerprint density at radius 1 is 1.33 bits per heavy atom. The van der Waals surface area contributed by atoms with Gasteiger partial charge < -0.3 is 4.57 Å². The van der Waals surface area contributed by atoms with Crippen LogP contribution < -0.4 is 0 Å². The molecule has 0 aliphatic carbocycles. The van der Waals surface area contributed by atoms with Crippen LogP contribution in [0.15, 0.2) is 0 Å². The van der Waals surface area contributed by atoms with Crippen LogP contribution in [-0.4, -0.2) is 26.2 Å². The molecule has 0 radical (unpaired) electrons. The first kappa shape index (κ1) is 6.76. The van der Waals surface area contributed by atoms with Crippen molar-refractivity contribution in [1.82, 2.24) is 4.57 Å². The Kier molecular flexibility index (Phi) is 3.21. The molecule has 0 unspecified atom stereocenters. The number of hydrogen-bond donors (Lipinski definition) is 0. The average molecular weight is 144 g/mol. The maximum Gasteiger partial charge on any atom is 0.309 e. The fourth-order valence-corrected chi connectivity index (χ4v) is 0. The molecule has 0 spiro atoms. The molecule has 0 aromatic carbocycles. The predicted molar refractivity (Wildman–Crippen MR) is 32.5 cm³/mol. The zero-order chi connectivity index (χ0) is 5.15. The topological polar surface area (TPSA) is 3.24 Å². The molecule has 0 amide bonds. The third-order valence-corrected chi connectivity index (χ3v) is 3.51. The van der Waals surface area contributed by atoms with Crippen LogP contribution in [0, 0.1) is 0 Å². The summed E-state index contributed by atoms with van der Waals surface area (Å²) < 4.78 is 1.84. The summed E-state index contributed by atoms with van der Waals surface area (Å²) in [5.41, 5.74) is 0. The van der Waals surface area contributed by atoms with Gasteiger partial charge in [0.2, 0.25) is 0 Å². The summed E-state index contributed by atoms with van der Waals surface area (Å²) >= 11 is 10.9. The third kappa shape index (κ3) is 2.97. The number of halogens is 2. The van der Waals surface area contributed by atoms with Gasteiger partial charge in [0.25, 0.3) is 0 Å². The molecule has 0 bridgehead atoms. The zero-order valence-corrected chi connectivity index (χ0v) is 6.45. The number of hydrogen-bond acceptors (Lipinski definition) is 1. The van der Waals surface area contributed by atoms with E-state index in [9.17, 15) is 0 Å². The number of rotatable bonds is 1. The van der Waals surface area contributed by atoms with E-state index in [1.165, 1.54) is 0 Å². The molecule has 0 aliphatic heterocycles. The summed E-state index contributed by atoms with van der Waals surface area (Å²) in [6, 6.07) is 0. The highest BCUT2D eigenvalue weighted by Crippen LogP contribution is 1.95. The average Bonchev–Trinajstić information content (AvgIpc) is 1.36. The fourth-order valence-electron chi connectivity index (χ4n) is 0. The molecular formula is C2H7Cl2NSi. The first-order valence-electron chi connectivity index (χ1n) is 1.59. The highest BCUT2D eigenvalue weighted by atomic mass is 35.7. The number of nitrogens with zero attached hydrogens (tertiary/aromatic N) is 1. The molecule has 0 aromatic heterocycles. The van der Waals surface area contributed by atoms with Crippen LogP contribution in [0.1, 0.15) is 0 Å². The van der Waals surface area contributed by atoms with Crippen molar-refractivity contribution in [2.75, 3.05) is 14.1 Å². The fraction of sp³-hybridized carbons (Fsp3) is 1.00. The van der Waals surface area contributed by atoms with Gasteiger partial charge in [0.05, 0.1) is 0 Å². The lowest BCUT2D eigenvalue weighted by Crippen LogP contribution is -2.20. The molecule has 0 N–H and O–H groups in total. The van der Waals surface area contributed by atoms with Gasteiger partial charge in [-0.3, -0.25) is 0 Å². The van der Waals surface area contributed by atoms with E-state index in [1.807, 2.05) is 18.7 Å². The molecule has 0 heterocycles.